The Balaban J connectivity index is 1.89. The Bertz CT molecular complexity index is 1400. The van der Waals surface area contributed by atoms with Gasteiger partial charge in [-0.1, -0.05) is 12.1 Å². The Morgan fingerprint density at radius 3 is 2.00 bits per heavy atom. The molecule has 1 fully saturated rings. The first-order valence-corrected chi connectivity index (χ1v) is 12.4. The van der Waals surface area contributed by atoms with E-state index in [-0.39, 0.29) is 40.0 Å². The second-order valence-electron chi connectivity index (χ2n) is 7.99. The van der Waals surface area contributed by atoms with E-state index < -0.39 is 46.4 Å². The van der Waals surface area contributed by atoms with Crippen molar-refractivity contribution in [2.45, 2.75) is 16.6 Å². The number of rotatable bonds is 4. The largest absolute Gasteiger partial charge is 0.511 e. The number of anilines is 1. The zero-order chi connectivity index (χ0) is 27.2. The van der Waals surface area contributed by atoms with Gasteiger partial charge in [-0.25, -0.2) is 22.8 Å². The number of hydrogen-bond acceptors (Lipinski definition) is 6. The van der Waals surface area contributed by atoms with Crippen LogP contribution in [0.5, 0.6) is 0 Å². The van der Waals surface area contributed by atoms with Crippen LogP contribution < -0.4 is 4.90 Å². The van der Waals surface area contributed by atoms with Crippen molar-refractivity contribution in [3.8, 4) is 22.4 Å². The summed E-state index contributed by atoms with van der Waals surface area (Å²) >= 11 is 4.27. The lowest BCUT2D eigenvalue weighted by Gasteiger charge is -2.36. The van der Waals surface area contributed by atoms with E-state index in [1.807, 2.05) is 0 Å². The SMILES string of the molecule is O=S(=O)(N1CCN(c2nc(C(F)(F)F)nc(-c3ccc(F)cc3)c2-c2cccc(S)c2)CC1)C(F)(F)F. The maximum absolute atomic E-state index is 13.8. The van der Waals surface area contributed by atoms with Crippen molar-refractivity contribution in [1.82, 2.24) is 14.3 Å². The predicted octanol–water partition coefficient (Wildman–Crippen LogP) is 5.23. The molecule has 37 heavy (non-hydrogen) atoms. The van der Waals surface area contributed by atoms with Crippen LogP contribution in [0.3, 0.4) is 0 Å². The number of halogens is 7. The van der Waals surface area contributed by atoms with Crippen LogP contribution in [-0.2, 0) is 16.2 Å². The van der Waals surface area contributed by atoms with Crippen molar-refractivity contribution in [2.24, 2.45) is 0 Å². The molecule has 6 nitrogen and oxygen atoms in total. The van der Waals surface area contributed by atoms with Gasteiger partial charge in [-0.05, 0) is 42.0 Å². The highest BCUT2D eigenvalue weighted by Gasteiger charge is 2.50. The smallest absolute Gasteiger partial charge is 0.353 e. The molecular formula is C22H17F7N4O2S2. The molecule has 0 N–H and O–H groups in total. The second kappa shape index (κ2) is 9.76. The number of sulfonamides is 1. The van der Waals surface area contributed by atoms with Crippen molar-refractivity contribution in [1.29, 1.82) is 0 Å². The van der Waals surface area contributed by atoms with Crippen molar-refractivity contribution in [2.75, 3.05) is 31.1 Å². The van der Waals surface area contributed by atoms with Gasteiger partial charge in [0.2, 0.25) is 5.82 Å². The molecule has 4 rings (SSSR count). The quantitative estimate of drug-likeness (QED) is 0.346. The Labute approximate surface area is 212 Å². The van der Waals surface area contributed by atoms with E-state index in [1.54, 1.807) is 18.2 Å². The summed E-state index contributed by atoms with van der Waals surface area (Å²) in [5, 5.41) is 0. The lowest BCUT2D eigenvalue weighted by atomic mass is 9.98. The lowest BCUT2D eigenvalue weighted by molar-refractivity contribution is -0.144. The van der Waals surface area contributed by atoms with Crippen LogP contribution in [0.15, 0.2) is 53.4 Å². The van der Waals surface area contributed by atoms with Crippen LogP contribution >= 0.6 is 12.6 Å². The average Bonchev–Trinajstić information content (AvgIpc) is 2.82. The molecule has 0 aliphatic carbocycles. The highest BCUT2D eigenvalue weighted by Crippen LogP contribution is 2.41. The monoisotopic (exact) mass is 566 g/mol. The maximum Gasteiger partial charge on any atom is 0.511 e. The van der Waals surface area contributed by atoms with Gasteiger partial charge >= 0.3 is 21.7 Å². The molecule has 0 amide bonds. The van der Waals surface area contributed by atoms with Crippen molar-refractivity contribution >= 4 is 28.5 Å². The van der Waals surface area contributed by atoms with E-state index in [1.165, 1.54) is 23.1 Å². The minimum atomic E-state index is -5.61. The topological polar surface area (TPSA) is 66.4 Å². The van der Waals surface area contributed by atoms with Crippen LogP contribution in [0, 0.1) is 5.82 Å². The number of nitrogens with zero attached hydrogens (tertiary/aromatic N) is 4. The number of alkyl halides is 6. The standard InChI is InChI=1S/C22H17F7N4O2S2/c23-15-6-4-13(5-7-15)18-17(14-2-1-3-16(36)12-14)19(31-20(30-18)21(24,25)26)32-8-10-33(11-9-32)37(34,35)22(27,28)29/h1-7,12,36H,8-11H2. The van der Waals surface area contributed by atoms with Gasteiger partial charge in [-0.2, -0.15) is 30.6 Å². The molecule has 0 unspecified atom stereocenters. The molecule has 198 valence electrons. The molecule has 1 aliphatic heterocycles. The summed E-state index contributed by atoms with van der Waals surface area (Å²) in [5.74, 6) is -2.41. The molecule has 0 saturated carbocycles. The van der Waals surface area contributed by atoms with E-state index in [4.69, 9.17) is 0 Å². The van der Waals surface area contributed by atoms with E-state index >= 15 is 0 Å². The molecule has 3 aromatic rings. The van der Waals surface area contributed by atoms with Gasteiger partial charge in [0.05, 0.1) is 11.3 Å². The van der Waals surface area contributed by atoms with Crippen LogP contribution in [0.2, 0.25) is 0 Å². The van der Waals surface area contributed by atoms with Crippen LogP contribution in [0.25, 0.3) is 22.4 Å². The summed E-state index contributed by atoms with van der Waals surface area (Å²) in [4.78, 5) is 9.16. The van der Waals surface area contributed by atoms with Gasteiger partial charge in [-0.15, -0.1) is 12.6 Å². The third kappa shape index (κ3) is 5.52. The van der Waals surface area contributed by atoms with E-state index in [0.29, 0.717) is 10.5 Å². The Kier molecular flexibility index (Phi) is 7.16. The molecule has 0 atom stereocenters. The van der Waals surface area contributed by atoms with Gasteiger partial charge in [0.25, 0.3) is 0 Å². The van der Waals surface area contributed by atoms with Crippen molar-refractivity contribution in [3.63, 3.8) is 0 Å². The lowest BCUT2D eigenvalue weighted by Crippen LogP contribution is -2.52. The highest BCUT2D eigenvalue weighted by molar-refractivity contribution is 7.90. The zero-order valence-electron chi connectivity index (χ0n) is 18.6. The molecule has 0 spiro atoms. The Morgan fingerprint density at radius 1 is 0.838 bits per heavy atom. The number of hydrogen-bond donors (Lipinski definition) is 1. The maximum atomic E-state index is 13.8. The summed E-state index contributed by atoms with van der Waals surface area (Å²) in [6, 6.07) is 10.9. The fraction of sp³-hybridized carbons (Fsp3) is 0.273. The van der Waals surface area contributed by atoms with Gasteiger partial charge in [-0.3, -0.25) is 0 Å². The first-order chi connectivity index (χ1) is 17.2. The van der Waals surface area contributed by atoms with Gasteiger partial charge < -0.3 is 4.90 Å². The number of thiol groups is 1. The zero-order valence-corrected chi connectivity index (χ0v) is 20.3. The van der Waals surface area contributed by atoms with Crippen molar-refractivity contribution in [3.05, 3.63) is 60.2 Å². The number of aromatic nitrogens is 2. The minimum absolute atomic E-state index is 0.0997. The first-order valence-electron chi connectivity index (χ1n) is 10.5. The third-order valence-electron chi connectivity index (χ3n) is 5.57. The molecule has 0 radical (unpaired) electrons. The normalized spacial score (nSPS) is 15.7. The van der Waals surface area contributed by atoms with Crippen LogP contribution in [-0.4, -0.2) is 54.4 Å². The summed E-state index contributed by atoms with van der Waals surface area (Å²) in [7, 11) is -5.61. The summed E-state index contributed by atoms with van der Waals surface area (Å²) < 4.78 is 118. The molecule has 1 aliphatic rings. The van der Waals surface area contributed by atoms with E-state index in [9.17, 15) is 39.2 Å². The van der Waals surface area contributed by atoms with Gasteiger partial charge in [0.1, 0.15) is 11.6 Å². The van der Waals surface area contributed by atoms with Crippen LogP contribution in [0.1, 0.15) is 5.82 Å². The van der Waals surface area contributed by atoms with E-state index in [0.717, 1.165) is 12.1 Å². The predicted molar refractivity (Wildman–Crippen MR) is 124 cm³/mol. The Morgan fingerprint density at radius 2 is 1.46 bits per heavy atom. The molecular weight excluding hydrogens is 549 g/mol. The van der Waals surface area contributed by atoms with Crippen LogP contribution in [0.4, 0.5) is 36.6 Å². The second-order valence-corrected chi connectivity index (χ2v) is 10.4. The number of benzene rings is 2. The van der Waals surface area contributed by atoms with Gasteiger partial charge in [0.15, 0.2) is 0 Å². The molecule has 1 aromatic heterocycles. The highest BCUT2D eigenvalue weighted by atomic mass is 32.2. The molecule has 1 saturated heterocycles. The summed E-state index contributed by atoms with van der Waals surface area (Å²) in [6.07, 6.45) is -4.99. The van der Waals surface area contributed by atoms with Gasteiger partial charge in [0, 0.05) is 36.6 Å². The summed E-state index contributed by atoms with van der Waals surface area (Å²) in [5.41, 5.74) is -5.12. The third-order valence-corrected chi connectivity index (χ3v) is 7.47. The number of piperazine rings is 1. The summed E-state index contributed by atoms with van der Waals surface area (Å²) in [6.45, 7) is -2.02. The first kappa shape index (κ1) is 27.1. The minimum Gasteiger partial charge on any atom is -0.353 e. The van der Waals surface area contributed by atoms with E-state index in [2.05, 4.69) is 22.6 Å². The van der Waals surface area contributed by atoms with Crippen molar-refractivity contribution < 1.29 is 39.2 Å². The fourth-order valence-electron chi connectivity index (χ4n) is 3.84. The molecule has 15 heteroatoms. The Hall–Kier alpha value is -2.91. The molecule has 0 bridgehead atoms. The molecule has 2 aromatic carbocycles. The fourth-order valence-corrected chi connectivity index (χ4v) is 5.00. The average molecular weight is 567 g/mol. The molecule has 2 heterocycles.